The van der Waals surface area contributed by atoms with Gasteiger partial charge >= 0.3 is 0 Å². The lowest BCUT2D eigenvalue weighted by molar-refractivity contribution is -0.122. The van der Waals surface area contributed by atoms with Gasteiger partial charge in [-0.25, -0.2) is 4.39 Å². The van der Waals surface area contributed by atoms with Crippen LogP contribution in [0.5, 0.6) is 5.75 Å². The fraction of sp³-hybridized carbons (Fsp3) is 0.385. The summed E-state index contributed by atoms with van der Waals surface area (Å²) in [6.07, 6.45) is 1.16. The van der Waals surface area contributed by atoms with Gasteiger partial charge in [0.25, 0.3) is 0 Å². The zero-order valence-corrected chi connectivity index (χ0v) is 12.3. The van der Waals surface area contributed by atoms with Gasteiger partial charge in [-0.3, -0.25) is 4.79 Å². The van der Waals surface area contributed by atoms with Gasteiger partial charge in [0.05, 0.1) is 17.5 Å². The highest BCUT2D eigenvalue weighted by Gasteiger charge is 2.25. The smallest absolute Gasteiger partial charge is 0.227 e. The number of ether oxygens (including phenoxy) is 1. The van der Waals surface area contributed by atoms with E-state index in [1.54, 1.807) is 6.07 Å². The first-order chi connectivity index (χ1) is 9.06. The van der Waals surface area contributed by atoms with Crippen molar-refractivity contribution in [3.63, 3.8) is 0 Å². The Hall–Kier alpha value is -1.43. The van der Waals surface area contributed by atoms with Crippen molar-refractivity contribution >= 4 is 28.1 Å². The topological polar surface area (TPSA) is 55.4 Å². The van der Waals surface area contributed by atoms with Gasteiger partial charge in [-0.2, -0.15) is 0 Å². The molecule has 0 aliphatic heterocycles. The number of likely N-dealkylation sites (N-methyl/N-ethyl adjacent to an activating group) is 1. The third-order valence-electron chi connectivity index (χ3n) is 2.79. The molecule has 1 N–H and O–H groups in total. The van der Waals surface area contributed by atoms with Crippen LogP contribution >= 0.6 is 15.9 Å². The highest BCUT2D eigenvalue weighted by Crippen LogP contribution is 2.34. The summed E-state index contributed by atoms with van der Waals surface area (Å²) in [5.41, 5.74) is 0.223. The minimum Gasteiger partial charge on any atom is -0.492 e. The third kappa shape index (κ3) is 3.53. The highest BCUT2D eigenvalue weighted by molar-refractivity contribution is 9.10. The fourth-order valence-electron chi connectivity index (χ4n) is 1.84. The van der Waals surface area contributed by atoms with Crippen LogP contribution in [-0.2, 0) is 9.59 Å². The van der Waals surface area contributed by atoms with Gasteiger partial charge < -0.3 is 14.8 Å². The maximum Gasteiger partial charge on any atom is 0.227 e. The van der Waals surface area contributed by atoms with E-state index in [-0.39, 0.29) is 30.1 Å². The normalized spacial score (nSPS) is 11.8. The molecule has 0 aromatic heterocycles. The average molecular weight is 332 g/mol. The molecule has 1 amide bonds. The lowest BCUT2D eigenvalue weighted by Gasteiger charge is -2.17. The number of rotatable bonds is 6. The summed E-state index contributed by atoms with van der Waals surface area (Å²) in [6, 6.07) is 3.14. The van der Waals surface area contributed by atoms with Crippen molar-refractivity contribution in [2.75, 3.05) is 14.2 Å². The van der Waals surface area contributed by atoms with Gasteiger partial charge in [0, 0.05) is 19.0 Å². The second-order valence-corrected chi connectivity index (χ2v) is 4.75. The molecule has 19 heavy (non-hydrogen) atoms. The number of carbonyl (C=O) groups is 2. The molecule has 1 aromatic carbocycles. The van der Waals surface area contributed by atoms with Crippen LogP contribution in [0.25, 0.3) is 0 Å². The molecule has 0 aliphatic carbocycles. The number of aldehydes is 1. The van der Waals surface area contributed by atoms with Crippen LogP contribution in [0, 0.1) is 5.82 Å². The molecule has 0 fully saturated rings. The Balaban J connectivity index is 3.22. The first kappa shape index (κ1) is 15.6. The van der Waals surface area contributed by atoms with E-state index in [9.17, 15) is 14.0 Å². The van der Waals surface area contributed by atoms with Crippen LogP contribution in [0.15, 0.2) is 16.6 Å². The predicted molar refractivity (Wildman–Crippen MR) is 72.8 cm³/mol. The average Bonchev–Trinajstić information content (AvgIpc) is 2.41. The molecular formula is C13H15BrFNO3. The molecule has 4 nitrogen and oxygen atoms in total. The summed E-state index contributed by atoms with van der Waals surface area (Å²) in [4.78, 5) is 22.3. The number of hydrogen-bond donors (Lipinski definition) is 1. The Labute approximate surface area is 119 Å². The van der Waals surface area contributed by atoms with Gasteiger partial charge in [0.2, 0.25) is 5.91 Å². The Morgan fingerprint density at radius 2 is 2.26 bits per heavy atom. The molecule has 0 saturated heterocycles. The number of carbonyl (C=O) groups excluding carboxylic acids is 2. The van der Waals surface area contributed by atoms with Crippen molar-refractivity contribution < 1.29 is 18.7 Å². The van der Waals surface area contributed by atoms with E-state index in [0.29, 0.717) is 10.8 Å². The molecule has 0 radical (unpaired) electrons. The SMILES string of the molecule is CNC(=O)C(CCC=O)c1ccc(Br)c(OC)c1F. The quantitative estimate of drug-likeness (QED) is 0.814. The van der Waals surface area contributed by atoms with Crippen molar-refractivity contribution in [3.8, 4) is 5.75 Å². The fourth-order valence-corrected chi connectivity index (χ4v) is 2.31. The van der Waals surface area contributed by atoms with Crippen molar-refractivity contribution in [1.82, 2.24) is 5.32 Å². The lowest BCUT2D eigenvalue weighted by atomic mass is 9.93. The summed E-state index contributed by atoms with van der Waals surface area (Å²) in [7, 11) is 2.83. The Morgan fingerprint density at radius 1 is 1.58 bits per heavy atom. The number of halogens is 2. The van der Waals surface area contributed by atoms with Gasteiger partial charge in [-0.1, -0.05) is 6.07 Å². The highest BCUT2D eigenvalue weighted by atomic mass is 79.9. The van der Waals surface area contributed by atoms with Crippen molar-refractivity contribution in [2.45, 2.75) is 18.8 Å². The third-order valence-corrected chi connectivity index (χ3v) is 3.42. The summed E-state index contributed by atoms with van der Waals surface area (Å²) < 4.78 is 19.7. The first-order valence-corrected chi connectivity index (χ1v) is 6.53. The van der Waals surface area contributed by atoms with Crippen LogP contribution < -0.4 is 10.1 Å². The summed E-state index contributed by atoms with van der Waals surface area (Å²) in [5.74, 6) is -1.57. The molecule has 1 aromatic rings. The maximum absolute atomic E-state index is 14.3. The zero-order valence-electron chi connectivity index (χ0n) is 10.7. The van der Waals surface area contributed by atoms with Gasteiger partial charge in [0.1, 0.15) is 6.29 Å². The monoisotopic (exact) mass is 331 g/mol. The molecule has 0 heterocycles. The number of benzene rings is 1. The standard InChI is InChI=1S/C13H15BrFNO3/c1-16-13(18)9(4-3-7-17)8-5-6-10(14)12(19-2)11(8)15/h5-7,9H,3-4H2,1-2H3,(H,16,18). The molecule has 1 unspecified atom stereocenters. The van der Waals surface area contributed by atoms with Gasteiger partial charge in [-0.05, 0) is 28.4 Å². The second-order valence-electron chi connectivity index (χ2n) is 3.89. The molecule has 0 aliphatic rings. The molecule has 0 spiro atoms. The predicted octanol–water partition coefficient (Wildman–Crippen LogP) is 2.41. The molecular weight excluding hydrogens is 317 g/mol. The number of amides is 1. The van der Waals surface area contributed by atoms with Crippen LogP contribution in [-0.4, -0.2) is 26.4 Å². The molecule has 1 rings (SSSR count). The molecule has 0 bridgehead atoms. The molecule has 6 heteroatoms. The zero-order chi connectivity index (χ0) is 14.4. The summed E-state index contributed by atoms with van der Waals surface area (Å²) >= 11 is 3.18. The van der Waals surface area contributed by atoms with E-state index >= 15 is 0 Å². The minimum atomic E-state index is -0.711. The van der Waals surface area contributed by atoms with E-state index in [0.717, 1.165) is 0 Å². The first-order valence-electron chi connectivity index (χ1n) is 5.73. The Morgan fingerprint density at radius 3 is 2.79 bits per heavy atom. The minimum absolute atomic E-state index is 0.0532. The summed E-state index contributed by atoms with van der Waals surface area (Å²) in [5, 5.41) is 2.48. The largest absolute Gasteiger partial charge is 0.492 e. The van der Waals surface area contributed by atoms with Gasteiger partial charge in [-0.15, -0.1) is 0 Å². The van der Waals surface area contributed by atoms with E-state index in [4.69, 9.17) is 4.74 Å². The Bertz CT molecular complexity index is 479. The van der Waals surface area contributed by atoms with E-state index in [1.807, 2.05) is 0 Å². The van der Waals surface area contributed by atoms with Crippen LogP contribution in [0.1, 0.15) is 24.3 Å². The van der Waals surface area contributed by atoms with Crippen LogP contribution in [0.4, 0.5) is 4.39 Å². The second kappa shape index (κ2) is 7.23. The van der Waals surface area contributed by atoms with E-state index in [2.05, 4.69) is 21.2 Å². The van der Waals surface area contributed by atoms with Gasteiger partial charge in [0.15, 0.2) is 11.6 Å². The van der Waals surface area contributed by atoms with E-state index in [1.165, 1.54) is 20.2 Å². The van der Waals surface area contributed by atoms with Crippen molar-refractivity contribution in [2.24, 2.45) is 0 Å². The molecule has 1 atom stereocenters. The summed E-state index contributed by atoms with van der Waals surface area (Å²) in [6.45, 7) is 0. The molecule has 0 saturated carbocycles. The van der Waals surface area contributed by atoms with Crippen molar-refractivity contribution in [3.05, 3.63) is 28.0 Å². The number of hydrogen-bond acceptors (Lipinski definition) is 3. The number of nitrogens with one attached hydrogen (secondary N) is 1. The van der Waals surface area contributed by atoms with Crippen LogP contribution in [0.3, 0.4) is 0 Å². The maximum atomic E-state index is 14.3. The molecule has 104 valence electrons. The van der Waals surface area contributed by atoms with E-state index < -0.39 is 11.7 Å². The number of methoxy groups -OCH3 is 1. The Kier molecular flexibility index (Phi) is 5.95. The van der Waals surface area contributed by atoms with Crippen molar-refractivity contribution in [1.29, 1.82) is 0 Å². The lowest BCUT2D eigenvalue weighted by Crippen LogP contribution is -2.26. The van der Waals surface area contributed by atoms with Crippen LogP contribution in [0.2, 0.25) is 0 Å².